The number of para-hydroxylation sites is 1. The van der Waals surface area contributed by atoms with E-state index in [0.717, 1.165) is 4.31 Å². The predicted octanol–water partition coefficient (Wildman–Crippen LogP) is 6.34. The molecule has 0 aliphatic heterocycles. The van der Waals surface area contributed by atoms with Crippen molar-refractivity contribution in [3.8, 4) is 0 Å². The summed E-state index contributed by atoms with van der Waals surface area (Å²) in [5, 5.41) is 3.98. The molecule has 0 radical (unpaired) electrons. The van der Waals surface area contributed by atoms with Crippen LogP contribution in [0.4, 0.5) is 5.69 Å². The van der Waals surface area contributed by atoms with E-state index in [0.29, 0.717) is 38.4 Å². The van der Waals surface area contributed by atoms with Gasteiger partial charge in [-0.15, -0.1) is 0 Å². The average Bonchev–Trinajstić information content (AvgIpc) is 2.90. The van der Waals surface area contributed by atoms with Gasteiger partial charge in [0.05, 0.1) is 10.6 Å². The van der Waals surface area contributed by atoms with Gasteiger partial charge in [0.25, 0.3) is 10.0 Å². The molecular formula is C29H32Cl3N3O4S. The Morgan fingerprint density at radius 2 is 1.52 bits per heavy atom. The number of amides is 2. The summed E-state index contributed by atoms with van der Waals surface area (Å²) >= 11 is 18.5. The molecule has 0 aliphatic rings. The molecule has 40 heavy (non-hydrogen) atoms. The number of carbonyl (C=O) groups excluding carboxylic acids is 2. The molecule has 1 atom stereocenters. The SMILES string of the molecule is Cc1ccccc1N(CC(=O)N(Cc1ccc(Cl)cc1Cl)C(C)C(=O)NCC(C)C)S(=O)(=O)c1ccc(Cl)cc1. The second-order valence-electron chi connectivity index (χ2n) is 9.82. The Morgan fingerprint density at radius 1 is 0.900 bits per heavy atom. The van der Waals surface area contributed by atoms with Crippen LogP contribution >= 0.6 is 34.8 Å². The number of anilines is 1. The number of halogens is 3. The molecule has 2 amide bonds. The smallest absolute Gasteiger partial charge is 0.264 e. The minimum Gasteiger partial charge on any atom is -0.354 e. The third-order valence-electron chi connectivity index (χ3n) is 6.27. The predicted molar refractivity (Wildman–Crippen MR) is 161 cm³/mol. The van der Waals surface area contributed by atoms with Crippen molar-refractivity contribution in [1.82, 2.24) is 10.2 Å². The first kappa shape index (κ1) is 31.7. The quantitative estimate of drug-likeness (QED) is 0.270. The van der Waals surface area contributed by atoms with Gasteiger partial charge in [0.1, 0.15) is 12.6 Å². The Labute approximate surface area is 251 Å². The largest absolute Gasteiger partial charge is 0.354 e. The van der Waals surface area contributed by atoms with Crippen molar-refractivity contribution in [2.45, 2.75) is 45.2 Å². The van der Waals surface area contributed by atoms with Crippen LogP contribution in [0, 0.1) is 12.8 Å². The van der Waals surface area contributed by atoms with Crippen LogP contribution in [0.2, 0.25) is 15.1 Å². The first-order chi connectivity index (χ1) is 18.8. The fourth-order valence-electron chi connectivity index (χ4n) is 3.96. The van der Waals surface area contributed by atoms with Crippen LogP contribution in [0.5, 0.6) is 0 Å². The van der Waals surface area contributed by atoms with Gasteiger partial charge in [-0.2, -0.15) is 0 Å². The lowest BCUT2D eigenvalue weighted by Gasteiger charge is -2.32. The molecule has 0 heterocycles. The lowest BCUT2D eigenvalue weighted by atomic mass is 10.1. The molecule has 1 unspecified atom stereocenters. The number of nitrogens with one attached hydrogen (secondary N) is 1. The normalized spacial score (nSPS) is 12.2. The summed E-state index contributed by atoms with van der Waals surface area (Å²) < 4.78 is 28.8. The lowest BCUT2D eigenvalue weighted by Crippen LogP contribution is -2.51. The van der Waals surface area contributed by atoms with Gasteiger partial charge < -0.3 is 10.2 Å². The van der Waals surface area contributed by atoms with E-state index in [2.05, 4.69) is 5.32 Å². The number of hydrogen-bond acceptors (Lipinski definition) is 4. The maximum atomic E-state index is 14.0. The first-order valence-electron chi connectivity index (χ1n) is 12.7. The van der Waals surface area contributed by atoms with Crippen molar-refractivity contribution in [2.75, 3.05) is 17.4 Å². The van der Waals surface area contributed by atoms with Gasteiger partial charge in [0, 0.05) is 28.2 Å². The van der Waals surface area contributed by atoms with Crippen molar-refractivity contribution in [2.24, 2.45) is 5.92 Å². The van der Waals surface area contributed by atoms with Gasteiger partial charge in [0.2, 0.25) is 11.8 Å². The molecule has 0 spiro atoms. The summed E-state index contributed by atoms with van der Waals surface area (Å²) in [5.41, 5.74) is 1.56. The number of aryl methyl sites for hydroxylation is 1. The van der Waals surface area contributed by atoms with Crippen LogP contribution in [0.25, 0.3) is 0 Å². The Kier molecular flexibility index (Phi) is 10.9. The van der Waals surface area contributed by atoms with Gasteiger partial charge in [-0.3, -0.25) is 13.9 Å². The van der Waals surface area contributed by atoms with Crippen LogP contribution in [-0.2, 0) is 26.2 Å². The highest BCUT2D eigenvalue weighted by Gasteiger charge is 2.33. The number of sulfonamides is 1. The number of nitrogens with zero attached hydrogens (tertiary/aromatic N) is 2. The van der Waals surface area contributed by atoms with E-state index < -0.39 is 28.5 Å². The molecule has 214 valence electrons. The minimum absolute atomic E-state index is 0.0250. The number of benzene rings is 3. The summed E-state index contributed by atoms with van der Waals surface area (Å²) in [4.78, 5) is 28.4. The summed E-state index contributed by atoms with van der Waals surface area (Å²) in [6, 6.07) is 16.5. The monoisotopic (exact) mass is 623 g/mol. The fraction of sp³-hybridized carbons (Fsp3) is 0.310. The van der Waals surface area contributed by atoms with Crippen molar-refractivity contribution in [3.63, 3.8) is 0 Å². The van der Waals surface area contributed by atoms with Gasteiger partial charge >= 0.3 is 0 Å². The zero-order chi connectivity index (χ0) is 29.6. The van der Waals surface area contributed by atoms with Crippen LogP contribution < -0.4 is 9.62 Å². The highest BCUT2D eigenvalue weighted by atomic mass is 35.5. The van der Waals surface area contributed by atoms with Crippen molar-refractivity contribution < 1.29 is 18.0 Å². The average molecular weight is 625 g/mol. The van der Waals surface area contributed by atoms with Crippen molar-refractivity contribution >= 4 is 62.3 Å². The lowest BCUT2D eigenvalue weighted by molar-refractivity contribution is -0.139. The molecule has 3 rings (SSSR count). The van der Waals surface area contributed by atoms with Crippen LogP contribution in [0.15, 0.2) is 71.6 Å². The second-order valence-corrected chi connectivity index (χ2v) is 13.0. The van der Waals surface area contributed by atoms with E-state index in [1.54, 1.807) is 56.3 Å². The highest BCUT2D eigenvalue weighted by molar-refractivity contribution is 7.92. The molecule has 0 aromatic heterocycles. The molecule has 0 saturated carbocycles. The molecule has 0 fully saturated rings. The Bertz CT molecular complexity index is 1460. The van der Waals surface area contributed by atoms with Gasteiger partial charge in [-0.05, 0) is 73.4 Å². The number of carbonyl (C=O) groups is 2. The van der Waals surface area contributed by atoms with E-state index >= 15 is 0 Å². The van der Waals surface area contributed by atoms with E-state index in [-0.39, 0.29) is 23.3 Å². The molecule has 11 heteroatoms. The third kappa shape index (κ3) is 7.91. The molecule has 0 saturated heterocycles. The molecule has 3 aromatic rings. The summed E-state index contributed by atoms with van der Waals surface area (Å²) in [7, 11) is -4.19. The zero-order valence-corrected chi connectivity index (χ0v) is 25.8. The Morgan fingerprint density at radius 3 is 2.12 bits per heavy atom. The van der Waals surface area contributed by atoms with Gasteiger partial charge in [-0.25, -0.2) is 8.42 Å². The summed E-state index contributed by atoms with van der Waals surface area (Å²) in [5.74, 6) is -0.749. The molecule has 3 aromatic carbocycles. The second kappa shape index (κ2) is 13.7. The zero-order valence-electron chi connectivity index (χ0n) is 22.7. The topological polar surface area (TPSA) is 86.8 Å². The van der Waals surface area contributed by atoms with Crippen molar-refractivity contribution in [3.05, 3.63) is 92.9 Å². The van der Waals surface area contributed by atoms with Crippen LogP contribution in [0.1, 0.15) is 31.9 Å². The van der Waals surface area contributed by atoms with Gasteiger partial charge in [0.15, 0.2) is 0 Å². The molecule has 7 nitrogen and oxygen atoms in total. The Hall–Kier alpha value is -2.78. The van der Waals surface area contributed by atoms with Crippen LogP contribution in [-0.4, -0.2) is 44.3 Å². The summed E-state index contributed by atoms with van der Waals surface area (Å²) in [6.07, 6.45) is 0. The van der Waals surface area contributed by atoms with Crippen LogP contribution in [0.3, 0.4) is 0 Å². The summed E-state index contributed by atoms with van der Waals surface area (Å²) in [6.45, 7) is 7.12. The van der Waals surface area contributed by atoms with E-state index in [9.17, 15) is 18.0 Å². The highest BCUT2D eigenvalue weighted by Crippen LogP contribution is 2.29. The molecule has 0 bridgehead atoms. The maximum absolute atomic E-state index is 14.0. The van der Waals surface area contributed by atoms with Gasteiger partial charge in [-0.1, -0.05) is 72.9 Å². The van der Waals surface area contributed by atoms with E-state index in [4.69, 9.17) is 34.8 Å². The Balaban J connectivity index is 2.05. The van der Waals surface area contributed by atoms with E-state index in [1.807, 2.05) is 13.8 Å². The number of hydrogen-bond donors (Lipinski definition) is 1. The van der Waals surface area contributed by atoms with Crippen molar-refractivity contribution in [1.29, 1.82) is 0 Å². The third-order valence-corrected chi connectivity index (χ3v) is 8.89. The molecule has 0 aliphatic carbocycles. The first-order valence-corrected chi connectivity index (χ1v) is 15.2. The minimum atomic E-state index is -4.19. The molecular weight excluding hydrogens is 593 g/mol. The maximum Gasteiger partial charge on any atom is 0.264 e. The number of rotatable bonds is 11. The standard InChI is InChI=1S/C29H32Cl3N3O4S/c1-19(2)16-33-29(37)21(4)34(17-22-9-10-24(31)15-26(22)32)28(36)18-35(27-8-6-5-7-20(27)3)40(38,39)25-13-11-23(30)12-14-25/h5-15,19,21H,16-18H2,1-4H3,(H,33,37). The fourth-order valence-corrected chi connectivity index (χ4v) is 6.03. The van der Waals surface area contributed by atoms with E-state index in [1.165, 1.54) is 29.2 Å². The molecule has 1 N–H and O–H groups in total.